The molecule has 1 aromatic heterocycles. The second kappa shape index (κ2) is 6.29. The van der Waals surface area contributed by atoms with Gasteiger partial charge in [0, 0.05) is 11.6 Å². The van der Waals surface area contributed by atoms with Crippen molar-refractivity contribution in [3.63, 3.8) is 0 Å². The smallest absolute Gasteiger partial charge is 0.182 e. The van der Waals surface area contributed by atoms with E-state index < -0.39 is 0 Å². The van der Waals surface area contributed by atoms with Crippen LogP contribution in [0.25, 0.3) is 11.3 Å². The van der Waals surface area contributed by atoms with Crippen molar-refractivity contribution in [2.75, 3.05) is 18.9 Å². The van der Waals surface area contributed by atoms with Crippen LogP contribution in [0.3, 0.4) is 0 Å². The lowest BCUT2D eigenvalue weighted by Gasteiger charge is -2.17. The molecule has 6 nitrogen and oxygen atoms in total. The first-order valence-electron chi connectivity index (χ1n) is 7.43. The van der Waals surface area contributed by atoms with E-state index in [4.69, 9.17) is 15.2 Å². The number of rotatable bonds is 3. The van der Waals surface area contributed by atoms with Crippen molar-refractivity contribution in [1.29, 1.82) is 0 Å². The van der Waals surface area contributed by atoms with Gasteiger partial charge in [-0.1, -0.05) is 41.7 Å². The zero-order valence-corrected chi connectivity index (χ0v) is 13.5. The molecule has 1 aliphatic rings. The summed E-state index contributed by atoms with van der Waals surface area (Å²) in [5.74, 6) is 1.41. The number of ether oxygens (including phenoxy) is 2. The predicted molar refractivity (Wildman–Crippen MR) is 93.6 cm³/mol. The Bertz CT molecular complexity index is 893. The molecule has 0 aliphatic carbocycles. The molecule has 0 atom stereocenters. The minimum atomic E-state index is 0.463. The molecule has 1 aliphatic heterocycles. The van der Waals surface area contributed by atoms with Gasteiger partial charge in [0.1, 0.15) is 18.9 Å². The molecule has 4 rings (SSSR count). The second-order valence-corrected chi connectivity index (χ2v) is 6.11. The summed E-state index contributed by atoms with van der Waals surface area (Å²) in [5.41, 5.74) is 8.23. The minimum absolute atomic E-state index is 0.463. The highest BCUT2D eigenvalue weighted by atomic mass is 32.1. The third-order valence-electron chi connectivity index (χ3n) is 3.46. The number of azo groups is 1. The first-order chi connectivity index (χ1) is 11.8. The zero-order chi connectivity index (χ0) is 16.4. The van der Waals surface area contributed by atoms with E-state index in [-0.39, 0.29) is 0 Å². The van der Waals surface area contributed by atoms with Crippen molar-refractivity contribution in [1.82, 2.24) is 4.98 Å². The average molecular weight is 338 g/mol. The Morgan fingerprint density at radius 3 is 2.58 bits per heavy atom. The van der Waals surface area contributed by atoms with Gasteiger partial charge in [-0.2, -0.15) is 0 Å². The molecule has 0 amide bonds. The summed E-state index contributed by atoms with van der Waals surface area (Å²) in [5, 5.41) is 9.75. The van der Waals surface area contributed by atoms with Crippen molar-refractivity contribution >= 4 is 27.2 Å². The van der Waals surface area contributed by atoms with Crippen molar-refractivity contribution in [3.8, 4) is 22.8 Å². The maximum absolute atomic E-state index is 5.85. The van der Waals surface area contributed by atoms with E-state index in [1.807, 2.05) is 48.5 Å². The fraction of sp³-hybridized carbons (Fsp3) is 0.118. The molecule has 0 radical (unpaired) electrons. The van der Waals surface area contributed by atoms with E-state index in [0.717, 1.165) is 17.0 Å². The number of hydrogen-bond acceptors (Lipinski definition) is 7. The molecule has 0 fully saturated rings. The third-order valence-corrected chi connectivity index (χ3v) is 4.22. The van der Waals surface area contributed by atoms with Gasteiger partial charge in [-0.3, -0.25) is 0 Å². The van der Waals surface area contributed by atoms with Gasteiger partial charge >= 0.3 is 0 Å². The first kappa shape index (κ1) is 14.6. The van der Waals surface area contributed by atoms with Crippen LogP contribution in [0.4, 0.5) is 15.8 Å². The number of nitrogens with zero attached hydrogens (tertiary/aromatic N) is 3. The highest BCUT2D eigenvalue weighted by molar-refractivity contribution is 7.19. The third kappa shape index (κ3) is 2.93. The molecule has 24 heavy (non-hydrogen) atoms. The molecule has 3 aromatic rings. The maximum Gasteiger partial charge on any atom is 0.182 e. The SMILES string of the molecule is Nc1nc(-c2ccccc2)c(N=Nc2ccc3c(c2)OCCO3)s1. The van der Waals surface area contributed by atoms with Crippen LogP contribution in [0.2, 0.25) is 0 Å². The number of anilines is 1. The average Bonchev–Trinajstić information content (AvgIpc) is 3.01. The lowest BCUT2D eigenvalue weighted by molar-refractivity contribution is 0.171. The summed E-state index contributed by atoms with van der Waals surface area (Å²) in [6.07, 6.45) is 0. The molecular weight excluding hydrogens is 324 g/mol. The van der Waals surface area contributed by atoms with Gasteiger partial charge in [0.15, 0.2) is 21.6 Å². The predicted octanol–water partition coefficient (Wildman–Crippen LogP) is 4.58. The summed E-state index contributed by atoms with van der Waals surface area (Å²) in [7, 11) is 0. The molecule has 0 spiro atoms. The first-order valence-corrected chi connectivity index (χ1v) is 8.24. The molecule has 0 unspecified atom stereocenters. The standard InChI is InChI=1S/C17H14N4O2S/c18-17-19-15(11-4-2-1-3-5-11)16(24-17)21-20-12-6-7-13-14(10-12)23-9-8-22-13/h1-7,10H,8-9H2,(H2,18,19). The molecule has 0 saturated carbocycles. The second-order valence-electron chi connectivity index (χ2n) is 5.10. The molecule has 0 saturated heterocycles. The van der Waals surface area contributed by atoms with E-state index in [1.165, 1.54) is 11.3 Å². The normalized spacial score (nSPS) is 13.3. The number of benzene rings is 2. The Labute approximate surface area is 142 Å². The number of thiazole rings is 1. The Morgan fingerprint density at radius 1 is 0.958 bits per heavy atom. The maximum atomic E-state index is 5.85. The van der Waals surface area contributed by atoms with Gasteiger partial charge < -0.3 is 15.2 Å². The minimum Gasteiger partial charge on any atom is -0.486 e. The van der Waals surface area contributed by atoms with Crippen molar-refractivity contribution in [3.05, 3.63) is 48.5 Å². The summed E-state index contributed by atoms with van der Waals surface area (Å²) < 4.78 is 11.1. The number of hydrogen-bond donors (Lipinski definition) is 1. The van der Waals surface area contributed by atoms with E-state index in [0.29, 0.717) is 34.8 Å². The number of aromatic nitrogens is 1. The van der Waals surface area contributed by atoms with E-state index in [1.54, 1.807) is 0 Å². The van der Waals surface area contributed by atoms with Crippen LogP contribution < -0.4 is 15.2 Å². The number of fused-ring (bicyclic) bond motifs is 1. The van der Waals surface area contributed by atoms with Crippen LogP contribution in [-0.2, 0) is 0 Å². The zero-order valence-electron chi connectivity index (χ0n) is 12.7. The number of nitrogens with two attached hydrogens (primary N) is 1. The van der Waals surface area contributed by atoms with E-state index >= 15 is 0 Å². The molecular formula is C17H14N4O2S. The van der Waals surface area contributed by atoms with Gasteiger partial charge in [0.25, 0.3) is 0 Å². The highest BCUT2D eigenvalue weighted by Gasteiger charge is 2.13. The molecule has 7 heteroatoms. The van der Waals surface area contributed by atoms with Gasteiger partial charge in [0.2, 0.25) is 0 Å². The lowest BCUT2D eigenvalue weighted by Crippen LogP contribution is -2.14. The summed E-state index contributed by atoms with van der Waals surface area (Å²) in [6, 6.07) is 15.3. The topological polar surface area (TPSA) is 82.1 Å². The largest absolute Gasteiger partial charge is 0.486 e. The quantitative estimate of drug-likeness (QED) is 0.709. The van der Waals surface area contributed by atoms with Gasteiger partial charge in [0.05, 0.1) is 5.69 Å². The van der Waals surface area contributed by atoms with Crippen LogP contribution in [0, 0.1) is 0 Å². The Kier molecular flexibility index (Phi) is 3.84. The summed E-state index contributed by atoms with van der Waals surface area (Å²) in [4.78, 5) is 4.36. The van der Waals surface area contributed by atoms with Crippen molar-refractivity contribution in [2.45, 2.75) is 0 Å². The Balaban J connectivity index is 1.65. The number of nitrogen functional groups attached to an aromatic ring is 1. The van der Waals surface area contributed by atoms with Crippen LogP contribution in [0.5, 0.6) is 11.5 Å². The van der Waals surface area contributed by atoms with Gasteiger partial charge in [-0.15, -0.1) is 10.2 Å². The van der Waals surface area contributed by atoms with Gasteiger partial charge in [-0.05, 0) is 12.1 Å². The molecule has 2 aromatic carbocycles. The molecule has 0 bridgehead atoms. The van der Waals surface area contributed by atoms with Gasteiger partial charge in [-0.25, -0.2) is 4.98 Å². The van der Waals surface area contributed by atoms with Crippen LogP contribution in [-0.4, -0.2) is 18.2 Å². The monoisotopic (exact) mass is 338 g/mol. The Hall–Kier alpha value is -2.93. The van der Waals surface area contributed by atoms with Crippen LogP contribution in [0.15, 0.2) is 58.8 Å². The van der Waals surface area contributed by atoms with Crippen molar-refractivity contribution in [2.24, 2.45) is 10.2 Å². The fourth-order valence-corrected chi connectivity index (χ4v) is 3.05. The molecule has 120 valence electrons. The lowest BCUT2D eigenvalue weighted by atomic mass is 10.2. The fourth-order valence-electron chi connectivity index (χ4n) is 2.38. The highest BCUT2D eigenvalue weighted by Crippen LogP contribution is 2.39. The molecule has 2 heterocycles. The summed E-state index contributed by atoms with van der Waals surface area (Å²) >= 11 is 1.31. The Morgan fingerprint density at radius 2 is 1.75 bits per heavy atom. The van der Waals surface area contributed by atoms with Crippen LogP contribution in [0.1, 0.15) is 0 Å². The summed E-state index contributed by atoms with van der Waals surface area (Å²) in [6.45, 7) is 1.10. The van der Waals surface area contributed by atoms with Crippen LogP contribution >= 0.6 is 11.3 Å². The van der Waals surface area contributed by atoms with E-state index in [2.05, 4.69) is 15.2 Å². The van der Waals surface area contributed by atoms with E-state index in [9.17, 15) is 0 Å². The van der Waals surface area contributed by atoms with Crippen molar-refractivity contribution < 1.29 is 9.47 Å². The molecule has 2 N–H and O–H groups in total.